The molecule has 1 aromatic carbocycles. The van der Waals surface area contributed by atoms with Gasteiger partial charge in [-0.1, -0.05) is 18.2 Å². The molecule has 0 atom stereocenters. The molecule has 7 heteroatoms. The Balaban J connectivity index is 1.96. The lowest BCUT2D eigenvalue weighted by Crippen LogP contribution is -2.39. The number of benzene rings is 1. The number of fused-ring (bicyclic) bond motifs is 1. The standard InChI is InChI=1S/C18H17BrN4O2/c1-11(2)23(16-8-7-12(19)10-20-16)17(24)9-15-13-5-3-4-6-14(13)18(25)22-21-15/h3-8,10-11H,9H2,1-2H3,(H,22,25). The number of amides is 1. The van der Waals surface area contributed by atoms with E-state index in [1.165, 1.54) is 0 Å². The van der Waals surface area contributed by atoms with Crippen LogP contribution in [-0.2, 0) is 11.2 Å². The van der Waals surface area contributed by atoms with Crippen molar-refractivity contribution in [3.8, 4) is 0 Å². The van der Waals surface area contributed by atoms with Gasteiger partial charge in [0.05, 0.1) is 17.5 Å². The van der Waals surface area contributed by atoms with Crippen molar-refractivity contribution in [2.45, 2.75) is 26.3 Å². The minimum Gasteiger partial charge on any atom is -0.294 e. The van der Waals surface area contributed by atoms with E-state index >= 15 is 0 Å². The van der Waals surface area contributed by atoms with Crippen molar-refractivity contribution in [1.29, 1.82) is 0 Å². The predicted molar refractivity (Wildman–Crippen MR) is 101 cm³/mol. The summed E-state index contributed by atoms with van der Waals surface area (Å²) in [4.78, 5) is 30.7. The van der Waals surface area contributed by atoms with Crippen molar-refractivity contribution in [1.82, 2.24) is 15.2 Å². The maximum atomic E-state index is 12.9. The van der Waals surface area contributed by atoms with Gasteiger partial charge in [-0.15, -0.1) is 0 Å². The van der Waals surface area contributed by atoms with Crippen LogP contribution in [0.3, 0.4) is 0 Å². The third-order valence-corrected chi connectivity index (χ3v) is 4.31. The van der Waals surface area contributed by atoms with E-state index in [4.69, 9.17) is 0 Å². The fraction of sp³-hybridized carbons (Fsp3) is 0.222. The first-order valence-electron chi connectivity index (χ1n) is 7.87. The van der Waals surface area contributed by atoms with Crippen LogP contribution in [0, 0.1) is 0 Å². The predicted octanol–water partition coefficient (Wildman–Crippen LogP) is 3.06. The summed E-state index contributed by atoms with van der Waals surface area (Å²) in [5.74, 6) is 0.450. The Kier molecular flexibility index (Phi) is 4.94. The number of hydrogen-bond acceptors (Lipinski definition) is 4. The first kappa shape index (κ1) is 17.3. The summed E-state index contributed by atoms with van der Waals surface area (Å²) >= 11 is 3.35. The summed E-state index contributed by atoms with van der Waals surface area (Å²) in [6.45, 7) is 3.86. The Morgan fingerprint density at radius 1 is 1.20 bits per heavy atom. The highest BCUT2D eigenvalue weighted by Gasteiger charge is 2.22. The number of aromatic amines is 1. The van der Waals surface area contributed by atoms with E-state index in [0.717, 1.165) is 4.47 Å². The van der Waals surface area contributed by atoms with Gasteiger partial charge in [-0.25, -0.2) is 10.1 Å². The van der Waals surface area contributed by atoms with Crippen molar-refractivity contribution < 1.29 is 4.79 Å². The fourth-order valence-corrected chi connectivity index (χ4v) is 2.96. The van der Waals surface area contributed by atoms with Crippen LogP contribution in [0.1, 0.15) is 19.5 Å². The molecule has 3 aromatic rings. The van der Waals surface area contributed by atoms with Gasteiger partial charge in [-0.2, -0.15) is 5.10 Å². The van der Waals surface area contributed by atoms with Gasteiger partial charge in [0.15, 0.2) is 0 Å². The average Bonchev–Trinajstić information content (AvgIpc) is 2.59. The Labute approximate surface area is 153 Å². The van der Waals surface area contributed by atoms with Gasteiger partial charge in [0.25, 0.3) is 5.56 Å². The Hall–Kier alpha value is -2.54. The molecule has 0 spiro atoms. The van der Waals surface area contributed by atoms with Gasteiger partial charge in [-0.3, -0.25) is 14.5 Å². The molecule has 6 nitrogen and oxygen atoms in total. The number of carbonyl (C=O) groups is 1. The molecule has 0 aliphatic heterocycles. The molecule has 0 aliphatic carbocycles. The summed E-state index contributed by atoms with van der Waals surface area (Å²) in [5, 5.41) is 7.76. The number of halogens is 1. The lowest BCUT2D eigenvalue weighted by molar-refractivity contribution is -0.118. The zero-order valence-corrected chi connectivity index (χ0v) is 15.4. The van der Waals surface area contributed by atoms with E-state index < -0.39 is 0 Å². The van der Waals surface area contributed by atoms with Crippen LogP contribution in [0.5, 0.6) is 0 Å². The molecule has 1 N–H and O–H groups in total. The van der Waals surface area contributed by atoms with Crippen LogP contribution in [-0.4, -0.2) is 27.1 Å². The molecule has 0 saturated heterocycles. The van der Waals surface area contributed by atoms with Crippen LogP contribution >= 0.6 is 15.9 Å². The molecule has 0 aliphatic rings. The first-order valence-corrected chi connectivity index (χ1v) is 8.66. The summed E-state index contributed by atoms with van der Waals surface area (Å²) in [7, 11) is 0. The molecule has 1 amide bonds. The minimum atomic E-state index is -0.262. The number of aromatic nitrogens is 3. The lowest BCUT2D eigenvalue weighted by atomic mass is 10.1. The SMILES string of the molecule is CC(C)N(C(=O)Cc1n[nH]c(=O)c2ccccc12)c1ccc(Br)cn1. The van der Waals surface area contributed by atoms with Crippen LogP contribution in [0.25, 0.3) is 10.8 Å². The normalized spacial score (nSPS) is 11.0. The summed E-state index contributed by atoms with van der Waals surface area (Å²) < 4.78 is 0.848. The molecule has 0 saturated carbocycles. The van der Waals surface area contributed by atoms with Crippen molar-refractivity contribution in [2.75, 3.05) is 4.90 Å². The zero-order chi connectivity index (χ0) is 18.0. The molecule has 25 heavy (non-hydrogen) atoms. The lowest BCUT2D eigenvalue weighted by Gasteiger charge is -2.25. The molecular weight excluding hydrogens is 384 g/mol. The summed E-state index contributed by atoms with van der Waals surface area (Å²) in [5.41, 5.74) is 0.282. The highest BCUT2D eigenvalue weighted by molar-refractivity contribution is 9.10. The Morgan fingerprint density at radius 3 is 2.56 bits per heavy atom. The largest absolute Gasteiger partial charge is 0.294 e. The molecule has 0 unspecified atom stereocenters. The van der Waals surface area contributed by atoms with Crippen LogP contribution in [0.4, 0.5) is 5.82 Å². The number of rotatable bonds is 4. The van der Waals surface area contributed by atoms with Crippen molar-refractivity contribution in [2.24, 2.45) is 0 Å². The Morgan fingerprint density at radius 2 is 1.92 bits per heavy atom. The van der Waals surface area contributed by atoms with Crippen molar-refractivity contribution in [3.05, 3.63) is 63.1 Å². The van der Waals surface area contributed by atoms with Gasteiger partial charge in [0.1, 0.15) is 5.82 Å². The zero-order valence-electron chi connectivity index (χ0n) is 13.9. The Bertz CT molecular complexity index is 967. The number of hydrogen-bond donors (Lipinski definition) is 1. The van der Waals surface area contributed by atoms with E-state index in [2.05, 4.69) is 31.1 Å². The van der Waals surface area contributed by atoms with Gasteiger partial charge in [-0.05, 0) is 48.0 Å². The maximum Gasteiger partial charge on any atom is 0.272 e. The number of carbonyl (C=O) groups excluding carboxylic acids is 1. The first-order chi connectivity index (χ1) is 12.0. The molecular formula is C18H17BrN4O2. The van der Waals surface area contributed by atoms with Gasteiger partial charge in [0, 0.05) is 22.1 Å². The monoisotopic (exact) mass is 400 g/mol. The summed E-state index contributed by atoms with van der Waals surface area (Å²) in [6, 6.07) is 10.7. The number of nitrogens with one attached hydrogen (secondary N) is 1. The maximum absolute atomic E-state index is 12.9. The number of pyridine rings is 1. The third-order valence-electron chi connectivity index (χ3n) is 3.84. The molecule has 2 heterocycles. The second kappa shape index (κ2) is 7.14. The molecule has 0 radical (unpaired) electrons. The average molecular weight is 401 g/mol. The van der Waals surface area contributed by atoms with Gasteiger partial charge in [0.2, 0.25) is 5.91 Å². The quantitative estimate of drug-likeness (QED) is 0.729. The minimum absolute atomic E-state index is 0.0600. The molecule has 3 rings (SSSR count). The molecule has 2 aromatic heterocycles. The van der Waals surface area contributed by atoms with Crippen LogP contribution < -0.4 is 10.5 Å². The topological polar surface area (TPSA) is 79.0 Å². The van der Waals surface area contributed by atoms with Crippen molar-refractivity contribution in [3.63, 3.8) is 0 Å². The van der Waals surface area contributed by atoms with Gasteiger partial charge >= 0.3 is 0 Å². The van der Waals surface area contributed by atoms with E-state index in [1.54, 1.807) is 35.4 Å². The van der Waals surface area contributed by atoms with Crippen LogP contribution in [0.15, 0.2) is 51.9 Å². The number of nitrogens with zero attached hydrogens (tertiary/aromatic N) is 3. The second-order valence-corrected chi connectivity index (χ2v) is 6.83. The molecule has 0 fully saturated rings. The fourth-order valence-electron chi connectivity index (χ4n) is 2.73. The van der Waals surface area contributed by atoms with E-state index in [1.807, 2.05) is 26.0 Å². The van der Waals surface area contributed by atoms with E-state index in [0.29, 0.717) is 22.3 Å². The van der Waals surface area contributed by atoms with E-state index in [-0.39, 0.29) is 23.9 Å². The highest BCUT2D eigenvalue weighted by Crippen LogP contribution is 2.20. The molecule has 0 bridgehead atoms. The number of H-pyrrole nitrogens is 1. The second-order valence-electron chi connectivity index (χ2n) is 5.91. The highest BCUT2D eigenvalue weighted by atomic mass is 79.9. The number of anilines is 1. The third kappa shape index (κ3) is 3.61. The van der Waals surface area contributed by atoms with Crippen LogP contribution in [0.2, 0.25) is 0 Å². The smallest absolute Gasteiger partial charge is 0.272 e. The summed E-state index contributed by atoms with van der Waals surface area (Å²) in [6.07, 6.45) is 1.73. The van der Waals surface area contributed by atoms with Crippen molar-refractivity contribution >= 4 is 38.4 Å². The van der Waals surface area contributed by atoms with Gasteiger partial charge < -0.3 is 0 Å². The molecule has 128 valence electrons. The van der Waals surface area contributed by atoms with E-state index in [9.17, 15) is 9.59 Å².